The van der Waals surface area contributed by atoms with Crippen LogP contribution in [0.25, 0.3) is 0 Å². The van der Waals surface area contributed by atoms with Crippen LogP contribution in [0.1, 0.15) is 26.7 Å². The third-order valence-corrected chi connectivity index (χ3v) is 3.23. The van der Waals surface area contributed by atoms with Crippen molar-refractivity contribution in [3.8, 4) is 0 Å². The Morgan fingerprint density at radius 3 is 2.05 bits per heavy atom. The molecule has 0 saturated carbocycles. The van der Waals surface area contributed by atoms with E-state index in [-0.39, 0.29) is 25.2 Å². The van der Waals surface area contributed by atoms with Crippen LogP contribution in [0.4, 0.5) is 5.69 Å². The highest BCUT2D eigenvalue weighted by Gasteiger charge is 2.09. The fourth-order valence-electron chi connectivity index (χ4n) is 1.79. The number of ether oxygens (including phenoxy) is 2. The quantitative estimate of drug-likeness (QED) is 0.652. The van der Waals surface area contributed by atoms with E-state index in [1.165, 1.54) is 0 Å². The number of carbonyl (C=O) groups excluding carboxylic acids is 2. The SMILES string of the molecule is CCC(=O)OCCN(CCOC(=O)CC)c1cccc(Cl)c1. The lowest BCUT2D eigenvalue weighted by Gasteiger charge is -2.24. The molecule has 0 atom stereocenters. The van der Waals surface area contributed by atoms with E-state index < -0.39 is 0 Å². The first-order chi connectivity index (χ1) is 10.6. The third-order valence-electron chi connectivity index (χ3n) is 3.00. The average molecular weight is 328 g/mol. The number of hydrogen-bond donors (Lipinski definition) is 0. The molecule has 0 fully saturated rings. The van der Waals surface area contributed by atoms with Gasteiger partial charge >= 0.3 is 11.9 Å². The van der Waals surface area contributed by atoms with Gasteiger partial charge in [0.15, 0.2) is 0 Å². The van der Waals surface area contributed by atoms with Gasteiger partial charge in [0.1, 0.15) is 13.2 Å². The third kappa shape index (κ3) is 6.80. The van der Waals surface area contributed by atoms with E-state index in [9.17, 15) is 9.59 Å². The minimum atomic E-state index is -0.233. The van der Waals surface area contributed by atoms with Gasteiger partial charge in [0.25, 0.3) is 0 Å². The van der Waals surface area contributed by atoms with E-state index in [2.05, 4.69) is 0 Å². The van der Waals surface area contributed by atoms with Crippen molar-refractivity contribution < 1.29 is 19.1 Å². The molecular weight excluding hydrogens is 306 g/mol. The highest BCUT2D eigenvalue weighted by Crippen LogP contribution is 2.19. The first-order valence-electron chi connectivity index (χ1n) is 7.38. The number of rotatable bonds is 9. The summed E-state index contributed by atoms with van der Waals surface area (Å²) in [5.74, 6) is -0.466. The van der Waals surface area contributed by atoms with Gasteiger partial charge < -0.3 is 14.4 Å². The predicted molar refractivity (Wildman–Crippen MR) is 86.2 cm³/mol. The van der Waals surface area contributed by atoms with Crippen molar-refractivity contribution in [2.45, 2.75) is 26.7 Å². The number of benzene rings is 1. The summed E-state index contributed by atoms with van der Waals surface area (Å²) in [7, 11) is 0. The molecule has 1 aromatic carbocycles. The van der Waals surface area contributed by atoms with Gasteiger partial charge in [-0.2, -0.15) is 0 Å². The molecule has 0 saturated heterocycles. The number of halogens is 1. The molecule has 122 valence electrons. The summed E-state index contributed by atoms with van der Waals surface area (Å²) in [5, 5.41) is 0.624. The van der Waals surface area contributed by atoms with Crippen molar-refractivity contribution >= 4 is 29.2 Å². The summed E-state index contributed by atoms with van der Waals surface area (Å²) in [4.78, 5) is 24.4. The van der Waals surface area contributed by atoms with Gasteiger partial charge in [-0.3, -0.25) is 9.59 Å². The molecule has 0 aromatic heterocycles. The van der Waals surface area contributed by atoms with Crippen LogP contribution >= 0.6 is 11.6 Å². The van der Waals surface area contributed by atoms with E-state index in [1.807, 2.05) is 23.1 Å². The highest BCUT2D eigenvalue weighted by molar-refractivity contribution is 6.30. The van der Waals surface area contributed by atoms with E-state index in [0.717, 1.165) is 5.69 Å². The van der Waals surface area contributed by atoms with Crippen molar-refractivity contribution in [2.24, 2.45) is 0 Å². The van der Waals surface area contributed by atoms with Crippen LogP contribution in [-0.2, 0) is 19.1 Å². The van der Waals surface area contributed by atoms with Crippen LogP contribution in [0, 0.1) is 0 Å². The summed E-state index contributed by atoms with van der Waals surface area (Å²) in [5.41, 5.74) is 0.896. The van der Waals surface area contributed by atoms with E-state index >= 15 is 0 Å². The Balaban J connectivity index is 2.60. The minimum Gasteiger partial charge on any atom is -0.464 e. The average Bonchev–Trinajstić information content (AvgIpc) is 2.52. The van der Waals surface area contributed by atoms with Gasteiger partial charge in [0.05, 0.1) is 13.1 Å². The molecular formula is C16H22ClNO4. The van der Waals surface area contributed by atoms with Crippen molar-refractivity contribution in [1.82, 2.24) is 0 Å². The fourth-order valence-corrected chi connectivity index (χ4v) is 1.97. The van der Waals surface area contributed by atoms with Gasteiger partial charge in [-0.1, -0.05) is 31.5 Å². The Bertz CT molecular complexity index is 471. The molecule has 0 aliphatic heterocycles. The van der Waals surface area contributed by atoms with E-state index in [4.69, 9.17) is 21.1 Å². The summed E-state index contributed by atoms with van der Waals surface area (Å²) in [6, 6.07) is 7.37. The smallest absolute Gasteiger partial charge is 0.305 e. The molecule has 5 nitrogen and oxygen atoms in total. The molecule has 1 aromatic rings. The van der Waals surface area contributed by atoms with Crippen LogP contribution in [0.5, 0.6) is 0 Å². The lowest BCUT2D eigenvalue weighted by Crippen LogP contribution is -2.32. The molecule has 0 bridgehead atoms. The molecule has 0 N–H and O–H groups in total. The van der Waals surface area contributed by atoms with Crippen LogP contribution in [-0.4, -0.2) is 38.2 Å². The second-order valence-electron chi connectivity index (χ2n) is 4.61. The van der Waals surface area contributed by atoms with Crippen LogP contribution < -0.4 is 4.90 Å². The maximum atomic E-state index is 11.2. The lowest BCUT2D eigenvalue weighted by atomic mass is 10.3. The fraction of sp³-hybridized carbons (Fsp3) is 0.500. The molecule has 0 aliphatic carbocycles. The number of anilines is 1. The molecule has 1 rings (SSSR count). The Hall–Kier alpha value is -1.75. The Labute approximate surface area is 136 Å². The molecule has 6 heteroatoms. The molecule has 0 radical (unpaired) electrons. The zero-order valence-corrected chi connectivity index (χ0v) is 13.8. The Morgan fingerprint density at radius 1 is 1.05 bits per heavy atom. The van der Waals surface area contributed by atoms with E-state index in [1.54, 1.807) is 19.9 Å². The van der Waals surface area contributed by atoms with Gasteiger partial charge in [-0.25, -0.2) is 0 Å². The van der Waals surface area contributed by atoms with Gasteiger partial charge in [-0.15, -0.1) is 0 Å². The maximum Gasteiger partial charge on any atom is 0.305 e. The van der Waals surface area contributed by atoms with Crippen molar-refractivity contribution in [1.29, 1.82) is 0 Å². The zero-order chi connectivity index (χ0) is 16.4. The first-order valence-corrected chi connectivity index (χ1v) is 7.76. The normalized spacial score (nSPS) is 10.1. The van der Waals surface area contributed by atoms with E-state index in [0.29, 0.717) is 31.0 Å². The maximum absolute atomic E-state index is 11.2. The largest absolute Gasteiger partial charge is 0.464 e. The summed E-state index contributed by atoms with van der Waals surface area (Å²) in [6.45, 7) is 5.08. The Kier molecular flexibility index (Phi) is 8.36. The molecule has 0 heterocycles. The number of carbonyl (C=O) groups is 2. The van der Waals surface area contributed by atoms with Crippen LogP contribution in [0.3, 0.4) is 0 Å². The lowest BCUT2D eigenvalue weighted by molar-refractivity contribution is -0.143. The summed E-state index contributed by atoms with van der Waals surface area (Å²) < 4.78 is 10.2. The molecule has 0 unspecified atom stereocenters. The van der Waals surface area contributed by atoms with Gasteiger partial charge in [0.2, 0.25) is 0 Å². The first kappa shape index (κ1) is 18.3. The number of hydrogen-bond acceptors (Lipinski definition) is 5. The van der Waals surface area contributed by atoms with Gasteiger partial charge in [-0.05, 0) is 18.2 Å². The van der Waals surface area contributed by atoms with Crippen LogP contribution in [0.2, 0.25) is 5.02 Å². The standard InChI is InChI=1S/C16H22ClNO4/c1-3-15(19)21-10-8-18(9-11-22-16(20)4-2)14-7-5-6-13(17)12-14/h5-7,12H,3-4,8-11H2,1-2H3. The predicted octanol–water partition coefficient (Wildman–Crippen LogP) is 3.05. The van der Waals surface area contributed by atoms with Crippen LogP contribution in [0.15, 0.2) is 24.3 Å². The summed E-state index contributed by atoms with van der Waals surface area (Å²) in [6.07, 6.45) is 0.705. The second kappa shape index (κ2) is 10.1. The zero-order valence-electron chi connectivity index (χ0n) is 13.0. The molecule has 0 spiro atoms. The second-order valence-corrected chi connectivity index (χ2v) is 5.05. The van der Waals surface area contributed by atoms with Crippen molar-refractivity contribution in [2.75, 3.05) is 31.2 Å². The topological polar surface area (TPSA) is 55.8 Å². The molecule has 0 aliphatic rings. The number of nitrogens with zero attached hydrogens (tertiary/aromatic N) is 1. The summed E-state index contributed by atoms with van der Waals surface area (Å²) >= 11 is 6.01. The minimum absolute atomic E-state index is 0.233. The molecule has 22 heavy (non-hydrogen) atoms. The Morgan fingerprint density at radius 2 is 1.59 bits per heavy atom. The highest BCUT2D eigenvalue weighted by atomic mass is 35.5. The van der Waals surface area contributed by atoms with Crippen molar-refractivity contribution in [3.63, 3.8) is 0 Å². The van der Waals surface area contributed by atoms with Gasteiger partial charge in [0, 0.05) is 23.6 Å². The number of esters is 2. The monoisotopic (exact) mass is 327 g/mol. The molecule has 0 amide bonds. The van der Waals surface area contributed by atoms with Crippen molar-refractivity contribution in [3.05, 3.63) is 29.3 Å².